The standard InChI is InChI=1S/C11H12F3NO/c12-9-5-4-8(3-1-2-6-15)10(7-9)16-11(13)14/h1,3-5,7,11H,2,6,15H2. The molecule has 16 heavy (non-hydrogen) atoms. The minimum Gasteiger partial charge on any atom is -0.434 e. The lowest BCUT2D eigenvalue weighted by molar-refractivity contribution is -0.0501. The van der Waals surface area contributed by atoms with Gasteiger partial charge in [0.2, 0.25) is 0 Å². The van der Waals surface area contributed by atoms with Crippen LogP contribution in [-0.4, -0.2) is 13.2 Å². The first-order chi connectivity index (χ1) is 7.63. The highest BCUT2D eigenvalue weighted by atomic mass is 19.3. The van der Waals surface area contributed by atoms with Crippen LogP contribution in [0.4, 0.5) is 13.2 Å². The second kappa shape index (κ2) is 6.17. The minimum atomic E-state index is -2.97. The molecule has 1 aromatic carbocycles. The van der Waals surface area contributed by atoms with Gasteiger partial charge in [0, 0.05) is 11.6 Å². The molecule has 0 spiro atoms. The zero-order valence-electron chi connectivity index (χ0n) is 8.50. The smallest absolute Gasteiger partial charge is 0.387 e. The summed E-state index contributed by atoms with van der Waals surface area (Å²) in [5.74, 6) is -0.796. The first kappa shape index (κ1) is 12.6. The van der Waals surface area contributed by atoms with Gasteiger partial charge in [-0.15, -0.1) is 0 Å². The lowest BCUT2D eigenvalue weighted by atomic mass is 10.1. The lowest BCUT2D eigenvalue weighted by Gasteiger charge is -2.07. The third-order valence-electron chi connectivity index (χ3n) is 1.82. The molecular weight excluding hydrogens is 219 g/mol. The fraction of sp³-hybridized carbons (Fsp3) is 0.273. The molecule has 1 rings (SSSR count). The highest BCUT2D eigenvalue weighted by Gasteiger charge is 2.08. The molecule has 2 N–H and O–H groups in total. The molecule has 0 fully saturated rings. The molecule has 0 radical (unpaired) electrons. The second-order valence-corrected chi connectivity index (χ2v) is 3.04. The highest BCUT2D eigenvalue weighted by molar-refractivity contribution is 5.57. The van der Waals surface area contributed by atoms with Gasteiger partial charge in [-0.2, -0.15) is 8.78 Å². The van der Waals surface area contributed by atoms with Crippen LogP contribution in [-0.2, 0) is 0 Å². The largest absolute Gasteiger partial charge is 0.434 e. The SMILES string of the molecule is NCCC=Cc1ccc(F)cc1OC(F)F. The van der Waals surface area contributed by atoms with Gasteiger partial charge >= 0.3 is 6.61 Å². The molecule has 0 amide bonds. The van der Waals surface area contributed by atoms with Crippen LogP contribution in [0, 0.1) is 5.82 Å². The maximum Gasteiger partial charge on any atom is 0.387 e. The lowest BCUT2D eigenvalue weighted by Crippen LogP contribution is -2.03. The van der Waals surface area contributed by atoms with Crippen molar-refractivity contribution in [1.29, 1.82) is 0 Å². The summed E-state index contributed by atoms with van der Waals surface area (Å²) in [5, 5.41) is 0. The molecule has 0 aliphatic rings. The summed E-state index contributed by atoms with van der Waals surface area (Å²) < 4.78 is 41.1. The van der Waals surface area contributed by atoms with Crippen LogP contribution in [0.15, 0.2) is 24.3 Å². The van der Waals surface area contributed by atoms with Crippen molar-refractivity contribution in [3.63, 3.8) is 0 Å². The minimum absolute atomic E-state index is 0.178. The van der Waals surface area contributed by atoms with E-state index in [0.717, 1.165) is 6.07 Å². The average Bonchev–Trinajstić information content (AvgIpc) is 2.20. The monoisotopic (exact) mass is 231 g/mol. The number of alkyl halides is 2. The van der Waals surface area contributed by atoms with Crippen molar-refractivity contribution in [2.45, 2.75) is 13.0 Å². The Hall–Kier alpha value is -1.49. The van der Waals surface area contributed by atoms with Crippen molar-refractivity contribution in [2.24, 2.45) is 5.73 Å². The number of benzene rings is 1. The zero-order chi connectivity index (χ0) is 12.0. The molecule has 0 saturated carbocycles. The van der Waals surface area contributed by atoms with Gasteiger partial charge in [0.1, 0.15) is 11.6 Å². The van der Waals surface area contributed by atoms with E-state index in [-0.39, 0.29) is 5.75 Å². The summed E-state index contributed by atoms with van der Waals surface area (Å²) in [7, 11) is 0. The number of halogens is 3. The molecule has 0 unspecified atom stereocenters. The van der Waals surface area contributed by atoms with Crippen molar-refractivity contribution >= 4 is 6.08 Å². The fourth-order valence-corrected chi connectivity index (χ4v) is 1.15. The molecule has 1 aromatic rings. The summed E-state index contributed by atoms with van der Waals surface area (Å²) in [6, 6.07) is 3.48. The van der Waals surface area contributed by atoms with Crippen molar-refractivity contribution in [2.75, 3.05) is 6.54 Å². The Kier molecular flexibility index (Phi) is 4.85. The van der Waals surface area contributed by atoms with Crippen LogP contribution in [0.3, 0.4) is 0 Å². The van der Waals surface area contributed by atoms with E-state index >= 15 is 0 Å². The first-order valence-corrected chi connectivity index (χ1v) is 4.74. The van der Waals surface area contributed by atoms with E-state index in [1.807, 2.05) is 0 Å². The van der Waals surface area contributed by atoms with Crippen molar-refractivity contribution < 1.29 is 17.9 Å². The van der Waals surface area contributed by atoms with Crippen LogP contribution in [0.1, 0.15) is 12.0 Å². The quantitative estimate of drug-likeness (QED) is 0.845. The van der Waals surface area contributed by atoms with E-state index in [2.05, 4.69) is 4.74 Å². The number of hydrogen-bond donors (Lipinski definition) is 1. The van der Waals surface area contributed by atoms with Gasteiger partial charge < -0.3 is 10.5 Å². The first-order valence-electron chi connectivity index (χ1n) is 4.74. The van der Waals surface area contributed by atoms with Crippen LogP contribution in [0.2, 0.25) is 0 Å². The molecule has 0 aromatic heterocycles. The summed E-state index contributed by atoms with van der Waals surface area (Å²) in [6.45, 7) is -2.51. The molecule has 0 heterocycles. The Morgan fingerprint density at radius 2 is 2.12 bits per heavy atom. The van der Waals surface area contributed by atoms with Crippen molar-refractivity contribution in [1.82, 2.24) is 0 Å². The number of rotatable bonds is 5. The van der Waals surface area contributed by atoms with Gasteiger partial charge in [-0.3, -0.25) is 0 Å². The van der Waals surface area contributed by atoms with Gasteiger partial charge in [-0.25, -0.2) is 4.39 Å². The zero-order valence-corrected chi connectivity index (χ0v) is 8.50. The van der Waals surface area contributed by atoms with Gasteiger partial charge in [0.15, 0.2) is 0 Å². The number of nitrogens with two attached hydrogens (primary N) is 1. The van der Waals surface area contributed by atoms with Crippen molar-refractivity contribution in [3.05, 3.63) is 35.7 Å². The Bertz CT molecular complexity index is 366. The van der Waals surface area contributed by atoms with Gasteiger partial charge in [0.05, 0.1) is 0 Å². The average molecular weight is 231 g/mol. The van der Waals surface area contributed by atoms with Gasteiger partial charge in [-0.05, 0) is 25.1 Å². The maximum absolute atomic E-state index is 12.8. The molecular formula is C11H12F3NO. The van der Waals surface area contributed by atoms with Crippen LogP contribution in [0.25, 0.3) is 6.08 Å². The molecule has 0 aliphatic heterocycles. The molecule has 0 aliphatic carbocycles. The fourth-order valence-electron chi connectivity index (χ4n) is 1.15. The predicted octanol–water partition coefficient (Wildman–Crippen LogP) is 2.79. The van der Waals surface area contributed by atoms with Gasteiger partial charge in [0.25, 0.3) is 0 Å². The number of hydrogen-bond acceptors (Lipinski definition) is 2. The Morgan fingerprint density at radius 3 is 2.75 bits per heavy atom. The van der Waals surface area contributed by atoms with E-state index < -0.39 is 12.4 Å². The number of ether oxygens (including phenoxy) is 1. The van der Waals surface area contributed by atoms with E-state index in [9.17, 15) is 13.2 Å². The van der Waals surface area contributed by atoms with Crippen LogP contribution < -0.4 is 10.5 Å². The maximum atomic E-state index is 12.8. The highest BCUT2D eigenvalue weighted by Crippen LogP contribution is 2.23. The third kappa shape index (κ3) is 3.94. The second-order valence-electron chi connectivity index (χ2n) is 3.04. The topological polar surface area (TPSA) is 35.2 Å². The van der Waals surface area contributed by atoms with E-state index in [4.69, 9.17) is 5.73 Å². The van der Waals surface area contributed by atoms with E-state index in [1.54, 1.807) is 12.2 Å². The van der Waals surface area contributed by atoms with E-state index in [0.29, 0.717) is 18.5 Å². The summed E-state index contributed by atoms with van der Waals surface area (Å²) in [5.41, 5.74) is 5.67. The molecule has 0 saturated heterocycles. The summed E-state index contributed by atoms with van der Waals surface area (Å²) in [4.78, 5) is 0. The van der Waals surface area contributed by atoms with E-state index in [1.165, 1.54) is 12.1 Å². The van der Waals surface area contributed by atoms with Crippen LogP contribution in [0.5, 0.6) is 5.75 Å². The van der Waals surface area contributed by atoms with Crippen molar-refractivity contribution in [3.8, 4) is 5.75 Å². The third-order valence-corrected chi connectivity index (χ3v) is 1.82. The Labute approximate surface area is 91.5 Å². The predicted molar refractivity (Wildman–Crippen MR) is 55.7 cm³/mol. The normalized spacial score (nSPS) is 11.3. The molecule has 5 heteroatoms. The Morgan fingerprint density at radius 1 is 1.38 bits per heavy atom. The summed E-state index contributed by atoms with van der Waals surface area (Å²) >= 11 is 0. The molecule has 0 atom stereocenters. The molecule has 88 valence electrons. The van der Waals surface area contributed by atoms with Crippen LogP contribution >= 0.6 is 0 Å². The Balaban J connectivity index is 2.88. The van der Waals surface area contributed by atoms with Gasteiger partial charge in [-0.1, -0.05) is 12.2 Å². The summed E-state index contributed by atoms with van der Waals surface area (Å²) in [6.07, 6.45) is 3.90. The molecule has 2 nitrogen and oxygen atoms in total. The molecule has 0 bridgehead atoms.